The fraction of sp³-hybridized carbons (Fsp3) is 0.0741. The molecular formula is C54H40FIrN3OSi-2. The quantitative estimate of drug-likeness (QED) is 0.0980. The molecule has 0 saturated carbocycles. The molecular weight excluding hydrogens is 946 g/mol. The molecule has 0 aliphatic rings. The first kappa shape index (κ1) is 36.4. The summed E-state index contributed by atoms with van der Waals surface area (Å²) in [7, 11) is -1.81. The molecule has 0 aliphatic carbocycles. The Labute approximate surface area is 372 Å². The van der Waals surface area contributed by atoms with Crippen LogP contribution in [-0.4, -0.2) is 22.6 Å². The number of furan rings is 1. The maximum atomic E-state index is 13.0. The van der Waals surface area contributed by atoms with Gasteiger partial charge in [0.15, 0.2) is 0 Å². The van der Waals surface area contributed by atoms with Crippen LogP contribution in [0.15, 0.2) is 174 Å². The van der Waals surface area contributed by atoms with Crippen molar-refractivity contribution in [3.63, 3.8) is 0 Å². The minimum Gasteiger partial charge on any atom is -0.500 e. The molecule has 0 unspecified atom stereocenters. The molecule has 0 aliphatic heterocycles. The van der Waals surface area contributed by atoms with E-state index >= 15 is 0 Å². The molecule has 0 amide bonds. The van der Waals surface area contributed by atoms with E-state index in [-0.39, 0.29) is 25.9 Å². The van der Waals surface area contributed by atoms with Crippen molar-refractivity contribution in [1.82, 2.24) is 14.5 Å². The zero-order chi connectivity index (χ0) is 43.5. The molecule has 4 nitrogen and oxygen atoms in total. The van der Waals surface area contributed by atoms with Crippen LogP contribution in [0, 0.1) is 24.8 Å². The van der Waals surface area contributed by atoms with Crippen molar-refractivity contribution >= 4 is 67.8 Å². The Kier molecular flexibility index (Phi) is 9.64. The van der Waals surface area contributed by atoms with Crippen LogP contribution >= 0.6 is 0 Å². The molecule has 11 aromatic rings. The molecule has 7 heteroatoms. The first-order chi connectivity index (χ1) is 30.4. The van der Waals surface area contributed by atoms with E-state index in [4.69, 9.17) is 13.5 Å². The van der Waals surface area contributed by atoms with E-state index in [1.54, 1.807) is 18.3 Å². The van der Waals surface area contributed by atoms with Crippen LogP contribution in [0.3, 0.4) is 0 Å². The molecule has 8 aromatic carbocycles. The topological polar surface area (TPSA) is 43.9 Å². The molecule has 1 radical (unpaired) electrons. The summed E-state index contributed by atoms with van der Waals surface area (Å²) < 4.78 is 44.8. The number of hydrogen-bond acceptors (Lipinski definition) is 3. The number of nitrogens with zero attached hydrogens (tertiary/aromatic N) is 3. The van der Waals surface area contributed by atoms with Crippen LogP contribution in [0.25, 0.3) is 94.0 Å². The Bertz CT molecular complexity index is 3510. The smallest absolute Gasteiger partial charge is 0.121 e. The van der Waals surface area contributed by atoms with Gasteiger partial charge in [-0.25, -0.2) is 0 Å². The van der Waals surface area contributed by atoms with Gasteiger partial charge in [0.05, 0.1) is 30.5 Å². The fourth-order valence-electron chi connectivity index (χ4n) is 8.10. The number of imidazole rings is 1. The van der Waals surface area contributed by atoms with Gasteiger partial charge in [-0.05, 0) is 75.2 Å². The van der Waals surface area contributed by atoms with Gasteiger partial charge in [0.25, 0.3) is 0 Å². The third kappa shape index (κ3) is 7.50. The zero-order valence-electron chi connectivity index (χ0n) is 36.6. The number of aryl methyl sites for hydroxylation is 1. The predicted molar refractivity (Wildman–Crippen MR) is 249 cm³/mol. The van der Waals surface area contributed by atoms with Gasteiger partial charge in [0.1, 0.15) is 5.58 Å². The third-order valence-corrected chi connectivity index (χ3v) is 13.1. The van der Waals surface area contributed by atoms with E-state index in [0.29, 0.717) is 16.8 Å². The average molecular weight is 989 g/mol. The number of aromatic nitrogens is 3. The normalized spacial score (nSPS) is 12.5. The summed E-state index contributed by atoms with van der Waals surface area (Å²) in [5, 5.41) is 7.83. The Morgan fingerprint density at radius 2 is 1.39 bits per heavy atom. The van der Waals surface area contributed by atoms with Gasteiger partial charge in [-0.1, -0.05) is 134 Å². The summed E-state index contributed by atoms with van der Waals surface area (Å²) >= 11 is 0. The molecule has 3 heterocycles. The number of fused-ring (bicyclic) bond motifs is 7. The molecule has 0 fully saturated rings. The van der Waals surface area contributed by atoms with Crippen LogP contribution in [0.5, 0.6) is 0 Å². The Morgan fingerprint density at radius 3 is 2.21 bits per heavy atom. The van der Waals surface area contributed by atoms with Gasteiger partial charge in [0, 0.05) is 52.9 Å². The van der Waals surface area contributed by atoms with E-state index in [1.165, 1.54) is 33.7 Å². The van der Waals surface area contributed by atoms with Crippen molar-refractivity contribution < 1.29 is 33.0 Å². The second kappa shape index (κ2) is 16.2. The molecule has 0 atom stereocenters. The maximum Gasteiger partial charge on any atom is 0.121 e. The molecule has 11 rings (SSSR count). The molecule has 61 heavy (non-hydrogen) atoms. The average Bonchev–Trinajstić information content (AvgIpc) is 3.86. The second-order valence-corrected chi connectivity index (χ2v) is 21.0. The predicted octanol–water partition coefficient (Wildman–Crippen LogP) is 13.9. The number of hydrogen-bond donors (Lipinski definition) is 0. The Hall–Kier alpha value is -6.50. The first-order valence-electron chi connectivity index (χ1n) is 21.4. The number of benzene rings is 8. The largest absolute Gasteiger partial charge is 0.500 e. The monoisotopic (exact) mass is 989 g/mol. The Morgan fingerprint density at radius 1 is 0.656 bits per heavy atom. The van der Waals surface area contributed by atoms with Gasteiger partial charge >= 0.3 is 0 Å². The van der Waals surface area contributed by atoms with E-state index < -0.39 is 14.9 Å². The molecule has 0 spiro atoms. The van der Waals surface area contributed by atoms with Gasteiger partial charge < -0.3 is 14.0 Å². The summed E-state index contributed by atoms with van der Waals surface area (Å²) in [5.74, 6) is 0.469. The summed E-state index contributed by atoms with van der Waals surface area (Å²) in [6, 6.07) is 60.8. The summed E-state index contributed by atoms with van der Waals surface area (Å²) in [4.78, 5) is 9.50. The van der Waals surface area contributed by atoms with Gasteiger partial charge in [0.2, 0.25) is 0 Å². The molecule has 0 saturated heterocycles. The number of rotatable bonds is 5. The summed E-state index contributed by atoms with van der Waals surface area (Å²) in [6.45, 7) is 4.07. The number of pyridine rings is 1. The standard InChI is InChI=1S/C39H23N2O.C15H17FNSi.Ir/c1-2-10-25(11-3-1)30-14-6-8-16-35(30)41-36-17-9-7-15-34(36)40-39(41)28-20-21-37-32(23-28)33-22-27-19-18-26-12-4-5-13-29(26)31(27)24-38(33)42-37;1-11-9-14(12-5-7-13(16)8-6-12)17-10-15(11)18(2,3)4;/h1-19,21-24H;5,7-10H,1-4H3;/q2*-1;/i;1D3;. The van der Waals surface area contributed by atoms with Crippen molar-refractivity contribution in [1.29, 1.82) is 0 Å². The van der Waals surface area contributed by atoms with Gasteiger partial charge in [-0.2, -0.15) is 0 Å². The van der Waals surface area contributed by atoms with Gasteiger partial charge in [-0.15, -0.1) is 53.6 Å². The Balaban J connectivity index is 0.000000200. The van der Waals surface area contributed by atoms with Crippen molar-refractivity contribution in [3.05, 3.63) is 194 Å². The van der Waals surface area contributed by atoms with E-state index in [2.05, 4.69) is 169 Å². The molecule has 0 bridgehead atoms. The molecule has 0 N–H and O–H groups in total. The van der Waals surface area contributed by atoms with E-state index in [9.17, 15) is 4.39 Å². The second-order valence-electron chi connectivity index (χ2n) is 16.0. The van der Waals surface area contributed by atoms with Crippen LogP contribution < -0.4 is 5.19 Å². The van der Waals surface area contributed by atoms with Crippen molar-refractivity contribution in [2.24, 2.45) is 0 Å². The SMILES string of the molecule is [2H]C([2H])([2H])c1cc(-c2[c-]cc(F)cc2)ncc1[Si](C)(C)C.[Ir].[c-]1cc2oc3cc4c(ccc5ccccc54)cc3c2cc1-c1nc2ccccc2n1-c1ccccc1-c1ccccc1. The fourth-order valence-corrected chi connectivity index (χ4v) is 9.43. The molecule has 3 aromatic heterocycles. The van der Waals surface area contributed by atoms with E-state index in [0.717, 1.165) is 66.4 Å². The number of para-hydroxylation sites is 3. The summed E-state index contributed by atoms with van der Waals surface area (Å²) in [6.07, 6.45) is 1.65. The van der Waals surface area contributed by atoms with Crippen molar-refractivity contribution in [3.8, 4) is 39.5 Å². The summed E-state index contributed by atoms with van der Waals surface area (Å²) in [5.41, 5.74) is 9.43. The zero-order valence-corrected chi connectivity index (χ0v) is 37.0. The minimum atomic E-state index is -2.19. The van der Waals surface area contributed by atoms with Crippen molar-refractivity contribution in [2.45, 2.75) is 26.5 Å². The van der Waals surface area contributed by atoms with Crippen LogP contribution in [0.4, 0.5) is 4.39 Å². The maximum absolute atomic E-state index is 13.0. The third-order valence-electron chi connectivity index (χ3n) is 11.1. The van der Waals surface area contributed by atoms with E-state index in [1.807, 2.05) is 12.1 Å². The number of halogens is 1. The van der Waals surface area contributed by atoms with Crippen LogP contribution in [-0.2, 0) is 20.1 Å². The van der Waals surface area contributed by atoms with Gasteiger partial charge in [-0.3, -0.25) is 9.37 Å². The van der Waals surface area contributed by atoms with Crippen molar-refractivity contribution in [2.75, 3.05) is 0 Å². The molecule has 299 valence electrons. The van der Waals surface area contributed by atoms with Crippen LogP contribution in [0.1, 0.15) is 9.68 Å². The minimum absolute atomic E-state index is 0. The van der Waals surface area contributed by atoms with Crippen LogP contribution in [0.2, 0.25) is 19.6 Å². The first-order valence-corrected chi connectivity index (χ1v) is 23.4.